The van der Waals surface area contributed by atoms with E-state index in [4.69, 9.17) is 4.74 Å². The molecule has 2 aromatic rings. The molecule has 1 aromatic carbocycles. The van der Waals surface area contributed by atoms with Crippen LogP contribution >= 0.6 is 0 Å². The zero-order valence-corrected chi connectivity index (χ0v) is 14.9. The molecule has 1 aromatic heterocycles. The normalized spacial score (nSPS) is 15.2. The van der Waals surface area contributed by atoms with Crippen LogP contribution in [0.2, 0.25) is 0 Å². The number of aromatic nitrogens is 2. The predicted octanol–water partition coefficient (Wildman–Crippen LogP) is 2.44. The number of rotatable bonds is 4. The standard InChI is InChI=1S/C19H22FN3O3/c1-12-21-10-15(11-24)18(22-12)13-5-7-23(8-6-13)19(25)14-3-4-17(26-2)16(20)9-14/h3-4,9-10,13,24H,5-8,11H2,1-2H3. The topological polar surface area (TPSA) is 75.5 Å². The van der Waals surface area contributed by atoms with Crippen LogP contribution in [0.15, 0.2) is 24.4 Å². The number of aliphatic hydroxyl groups is 1. The van der Waals surface area contributed by atoms with Crippen molar-refractivity contribution in [3.05, 3.63) is 52.9 Å². The molecule has 1 amide bonds. The molecule has 1 N–H and O–H groups in total. The lowest BCUT2D eigenvalue weighted by Crippen LogP contribution is -2.38. The van der Waals surface area contributed by atoms with Crippen LogP contribution in [0.25, 0.3) is 0 Å². The van der Waals surface area contributed by atoms with Crippen LogP contribution in [-0.4, -0.2) is 46.1 Å². The SMILES string of the molecule is COc1ccc(C(=O)N2CCC(c3nc(C)ncc3CO)CC2)cc1F. The summed E-state index contributed by atoms with van der Waals surface area (Å²) in [6.07, 6.45) is 3.15. The summed E-state index contributed by atoms with van der Waals surface area (Å²) in [5, 5.41) is 9.51. The Hall–Kier alpha value is -2.54. The number of nitrogens with zero attached hydrogens (tertiary/aromatic N) is 3. The van der Waals surface area contributed by atoms with E-state index in [-0.39, 0.29) is 24.2 Å². The van der Waals surface area contributed by atoms with Crippen molar-refractivity contribution in [2.45, 2.75) is 32.3 Å². The smallest absolute Gasteiger partial charge is 0.253 e. The first kappa shape index (κ1) is 18.3. The van der Waals surface area contributed by atoms with Gasteiger partial charge in [-0.2, -0.15) is 0 Å². The van der Waals surface area contributed by atoms with Gasteiger partial charge >= 0.3 is 0 Å². The largest absolute Gasteiger partial charge is 0.494 e. The first-order chi connectivity index (χ1) is 12.5. The molecule has 0 unspecified atom stereocenters. The lowest BCUT2D eigenvalue weighted by molar-refractivity contribution is 0.0711. The van der Waals surface area contributed by atoms with Gasteiger partial charge in [0.1, 0.15) is 5.82 Å². The Morgan fingerprint density at radius 2 is 2.12 bits per heavy atom. The zero-order valence-electron chi connectivity index (χ0n) is 14.9. The van der Waals surface area contributed by atoms with Crippen LogP contribution in [0.1, 0.15) is 46.2 Å². The van der Waals surface area contributed by atoms with Crippen LogP contribution < -0.4 is 4.74 Å². The van der Waals surface area contributed by atoms with Gasteiger partial charge < -0.3 is 14.7 Å². The third kappa shape index (κ3) is 3.67. The molecular weight excluding hydrogens is 337 g/mol. The number of carbonyl (C=O) groups is 1. The third-order valence-electron chi connectivity index (χ3n) is 4.76. The highest BCUT2D eigenvalue weighted by Gasteiger charge is 2.27. The van der Waals surface area contributed by atoms with Gasteiger partial charge in [0.05, 0.1) is 19.4 Å². The number of amides is 1. The summed E-state index contributed by atoms with van der Waals surface area (Å²) in [7, 11) is 1.39. The lowest BCUT2D eigenvalue weighted by Gasteiger charge is -2.32. The molecule has 6 nitrogen and oxygen atoms in total. The van der Waals surface area contributed by atoms with E-state index in [9.17, 15) is 14.3 Å². The molecule has 0 spiro atoms. The van der Waals surface area contributed by atoms with Crippen molar-refractivity contribution < 1.29 is 19.0 Å². The molecule has 0 aliphatic carbocycles. The summed E-state index contributed by atoms with van der Waals surface area (Å²) in [5.74, 6) is 0.236. The van der Waals surface area contributed by atoms with Gasteiger partial charge in [-0.05, 0) is 38.0 Å². The van der Waals surface area contributed by atoms with Gasteiger partial charge in [0.15, 0.2) is 11.6 Å². The summed E-state index contributed by atoms with van der Waals surface area (Å²) < 4.78 is 18.7. The molecule has 3 rings (SSSR count). The molecule has 0 radical (unpaired) electrons. The molecule has 0 bridgehead atoms. The molecule has 26 heavy (non-hydrogen) atoms. The number of hydrogen-bond donors (Lipinski definition) is 1. The monoisotopic (exact) mass is 359 g/mol. The maximum atomic E-state index is 13.8. The summed E-state index contributed by atoms with van der Waals surface area (Å²) in [6.45, 7) is 2.84. The van der Waals surface area contributed by atoms with Gasteiger partial charge in [-0.25, -0.2) is 14.4 Å². The first-order valence-corrected chi connectivity index (χ1v) is 8.59. The molecule has 7 heteroatoms. The number of ether oxygens (including phenoxy) is 1. The maximum Gasteiger partial charge on any atom is 0.253 e. The number of halogens is 1. The van der Waals surface area contributed by atoms with Crippen molar-refractivity contribution in [1.82, 2.24) is 14.9 Å². The third-order valence-corrected chi connectivity index (χ3v) is 4.76. The molecule has 138 valence electrons. The number of carbonyl (C=O) groups excluding carboxylic acids is 1. The Balaban J connectivity index is 1.69. The minimum absolute atomic E-state index is 0.0973. The summed E-state index contributed by atoms with van der Waals surface area (Å²) >= 11 is 0. The fourth-order valence-corrected chi connectivity index (χ4v) is 3.33. The van der Waals surface area contributed by atoms with Gasteiger partial charge in [0, 0.05) is 36.3 Å². The van der Waals surface area contributed by atoms with E-state index in [1.165, 1.54) is 19.2 Å². The Morgan fingerprint density at radius 1 is 1.38 bits per heavy atom. The number of likely N-dealkylation sites (tertiary alicyclic amines) is 1. The molecule has 1 aliphatic heterocycles. The molecule has 1 aliphatic rings. The van der Waals surface area contributed by atoms with Gasteiger partial charge in [-0.3, -0.25) is 4.79 Å². The Labute approximate surface area is 151 Å². The molecule has 0 saturated carbocycles. The Bertz CT molecular complexity index is 805. The molecule has 2 heterocycles. The fourth-order valence-electron chi connectivity index (χ4n) is 3.33. The molecular formula is C19H22FN3O3. The van der Waals surface area contributed by atoms with Crippen molar-refractivity contribution >= 4 is 5.91 Å². The second-order valence-corrected chi connectivity index (χ2v) is 6.40. The Kier molecular flexibility index (Phi) is 5.46. The highest BCUT2D eigenvalue weighted by molar-refractivity contribution is 5.94. The maximum absolute atomic E-state index is 13.8. The number of aliphatic hydroxyl groups excluding tert-OH is 1. The van der Waals surface area contributed by atoms with E-state index in [2.05, 4.69) is 9.97 Å². The molecule has 1 saturated heterocycles. The van der Waals surface area contributed by atoms with E-state index >= 15 is 0 Å². The van der Waals surface area contributed by atoms with Crippen molar-refractivity contribution in [1.29, 1.82) is 0 Å². The number of benzene rings is 1. The van der Waals surface area contributed by atoms with E-state index in [0.29, 0.717) is 24.5 Å². The average molecular weight is 359 g/mol. The fraction of sp³-hybridized carbons (Fsp3) is 0.421. The van der Waals surface area contributed by atoms with Gasteiger partial charge in [-0.1, -0.05) is 0 Å². The van der Waals surface area contributed by atoms with Crippen LogP contribution in [0.5, 0.6) is 5.75 Å². The number of aryl methyl sites for hydroxylation is 1. The van der Waals surface area contributed by atoms with Crippen molar-refractivity contribution in [3.8, 4) is 5.75 Å². The quantitative estimate of drug-likeness (QED) is 0.907. The zero-order chi connectivity index (χ0) is 18.7. The van der Waals surface area contributed by atoms with Crippen LogP contribution in [0.3, 0.4) is 0 Å². The number of methoxy groups -OCH3 is 1. The van der Waals surface area contributed by atoms with E-state index in [1.54, 1.807) is 17.2 Å². The van der Waals surface area contributed by atoms with Crippen LogP contribution in [0.4, 0.5) is 4.39 Å². The van der Waals surface area contributed by atoms with Crippen molar-refractivity contribution in [2.75, 3.05) is 20.2 Å². The van der Waals surface area contributed by atoms with Crippen LogP contribution in [0, 0.1) is 12.7 Å². The summed E-state index contributed by atoms with van der Waals surface area (Å²) in [5.41, 5.74) is 1.91. The Morgan fingerprint density at radius 3 is 2.73 bits per heavy atom. The van der Waals surface area contributed by atoms with Gasteiger partial charge in [-0.15, -0.1) is 0 Å². The highest BCUT2D eigenvalue weighted by atomic mass is 19.1. The highest BCUT2D eigenvalue weighted by Crippen LogP contribution is 2.30. The minimum atomic E-state index is -0.544. The minimum Gasteiger partial charge on any atom is -0.494 e. The van der Waals surface area contributed by atoms with Gasteiger partial charge in [0.25, 0.3) is 5.91 Å². The summed E-state index contributed by atoms with van der Waals surface area (Å²) in [6, 6.07) is 4.26. The van der Waals surface area contributed by atoms with Crippen LogP contribution in [-0.2, 0) is 6.61 Å². The second kappa shape index (κ2) is 7.78. The van der Waals surface area contributed by atoms with Crippen molar-refractivity contribution in [3.63, 3.8) is 0 Å². The average Bonchev–Trinajstić information content (AvgIpc) is 2.67. The summed E-state index contributed by atoms with van der Waals surface area (Å²) in [4.78, 5) is 23.0. The lowest BCUT2D eigenvalue weighted by atomic mass is 9.90. The predicted molar refractivity (Wildman–Crippen MR) is 93.5 cm³/mol. The first-order valence-electron chi connectivity index (χ1n) is 8.59. The van der Waals surface area contributed by atoms with Gasteiger partial charge in [0.2, 0.25) is 0 Å². The number of hydrogen-bond acceptors (Lipinski definition) is 5. The molecule has 1 fully saturated rings. The number of piperidine rings is 1. The van der Waals surface area contributed by atoms with Crippen molar-refractivity contribution in [2.24, 2.45) is 0 Å². The molecule has 0 atom stereocenters. The van der Waals surface area contributed by atoms with E-state index in [0.717, 1.165) is 24.1 Å². The second-order valence-electron chi connectivity index (χ2n) is 6.40. The van der Waals surface area contributed by atoms with E-state index in [1.807, 2.05) is 6.92 Å². The van der Waals surface area contributed by atoms with E-state index < -0.39 is 5.82 Å².